The molecule has 102 valence electrons. The fourth-order valence-electron chi connectivity index (χ4n) is 1.55. The van der Waals surface area contributed by atoms with Crippen LogP contribution in [0.2, 0.25) is 0 Å². The zero-order chi connectivity index (χ0) is 13.8. The van der Waals surface area contributed by atoms with Crippen LogP contribution >= 0.6 is 0 Å². The molecule has 0 spiro atoms. The zero-order valence-electron chi connectivity index (χ0n) is 10.9. The van der Waals surface area contributed by atoms with E-state index in [2.05, 4.69) is 10.1 Å². The molecular weight excluding hydrogens is 249 g/mol. The predicted octanol–water partition coefficient (Wildman–Crippen LogP) is 1.69. The van der Waals surface area contributed by atoms with Crippen LogP contribution in [0.15, 0.2) is 28.8 Å². The molecule has 1 unspecified atom stereocenters. The highest BCUT2D eigenvalue weighted by Gasteiger charge is 2.13. The minimum Gasteiger partial charge on any atom is -0.395 e. The second-order valence-electron chi connectivity index (χ2n) is 4.47. The summed E-state index contributed by atoms with van der Waals surface area (Å²) in [5.74, 6) is 0.585. The van der Waals surface area contributed by atoms with E-state index in [1.165, 1.54) is 12.1 Å². The number of hydrogen-bond donors (Lipinski definition) is 1. The zero-order valence-corrected chi connectivity index (χ0v) is 10.9. The molecule has 2 rings (SSSR count). The van der Waals surface area contributed by atoms with E-state index in [4.69, 9.17) is 9.63 Å². The Bertz CT molecular complexity index is 527. The number of halogens is 1. The molecule has 1 N–H and O–H groups in total. The van der Waals surface area contributed by atoms with E-state index in [1.807, 2.05) is 18.9 Å². The number of hydrogen-bond acceptors (Lipinski definition) is 5. The van der Waals surface area contributed by atoms with Crippen molar-refractivity contribution in [2.45, 2.75) is 19.5 Å². The summed E-state index contributed by atoms with van der Waals surface area (Å²) in [4.78, 5) is 6.16. The van der Waals surface area contributed by atoms with Crippen LogP contribution in [0.1, 0.15) is 12.7 Å². The van der Waals surface area contributed by atoms with Gasteiger partial charge in [-0.05, 0) is 38.2 Å². The van der Waals surface area contributed by atoms with Crippen LogP contribution in [0.25, 0.3) is 11.5 Å². The Morgan fingerprint density at radius 3 is 2.68 bits per heavy atom. The lowest BCUT2D eigenvalue weighted by atomic mass is 10.2. The highest BCUT2D eigenvalue weighted by atomic mass is 19.1. The molecular formula is C13H16FN3O2. The number of benzene rings is 1. The second kappa shape index (κ2) is 5.90. The smallest absolute Gasteiger partial charge is 0.257 e. The first-order valence-corrected chi connectivity index (χ1v) is 5.99. The molecule has 0 fully saturated rings. The Hall–Kier alpha value is -1.79. The Morgan fingerprint density at radius 2 is 2.05 bits per heavy atom. The number of likely N-dealkylation sites (N-methyl/N-ethyl adjacent to an activating group) is 1. The van der Waals surface area contributed by atoms with Crippen LogP contribution in [0.4, 0.5) is 4.39 Å². The third kappa shape index (κ3) is 3.36. The van der Waals surface area contributed by atoms with Gasteiger partial charge in [0.2, 0.25) is 0 Å². The second-order valence-corrected chi connectivity index (χ2v) is 4.47. The molecule has 0 aliphatic rings. The van der Waals surface area contributed by atoms with E-state index in [0.29, 0.717) is 23.8 Å². The van der Waals surface area contributed by atoms with Crippen molar-refractivity contribution in [3.8, 4) is 11.5 Å². The van der Waals surface area contributed by atoms with E-state index in [9.17, 15) is 4.39 Å². The minimum atomic E-state index is -0.306. The minimum absolute atomic E-state index is 0.0211. The number of rotatable bonds is 5. The molecule has 0 aliphatic heterocycles. The van der Waals surface area contributed by atoms with Crippen molar-refractivity contribution in [3.63, 3.8) is 0 Å². The lowest BCUT2D eigenvalue weighted by Gasteiger charge is -2.20. The summed E-state index contributed by atoms with van der Waals surface area (Å²) in [6.07, 6.45) is 0. The van der Waals surface area contributed by atoms with Crippen molar-refractivity contribution in [3.05, 3.63) is 35.9 Å². The first-order valence-electron chi connectivity index (χ1n) is 5.99. The fraction of sp³-hybridized carbons (Fsp3) is 0.385. The third-order valence-electron chi connectivity index (χ3n) is 2.97. The quantitative estimate of drug-likeness (QED) is 0.891. The van der Waals surface area contributed by atoms with Crippen LogP contribution in [0.3, 0.4) is 0 Å². The fourth-order valence-corrected chi connectivity index (χ4v) is 1.55. The molecule has 0 radical (unpaired) electrons. The Kier molecular flexibility index (Phi) is 4.24. The maximum absolute atomic E-state index is 12.8. The number of nitrogens with zero attached hydrogens (tertiary/aromatic N) is 3. The van der Waals surface area contributed by atoms with Crippen LogP contribution in [0, 0.1) is 5.82 Å². The molecule has 1 atom stereocenters. The topological polar surface area (TPSA) is 62.4 Å². The molecule has 0 amide bonds. The van der Waals surface area contributed by atoms with Gasteiger partial charge < -0.3 is 9.63 Å². The molecule has 0 aliphatic carbocycles. The summed E-state index contributed by atoms with van der Waals surface area (Å²) in [5, 5.41) is 12.9. The van der Waals surface area contributed by atoms with Gasteiger partial charge in [0.1, 0.15) is 5.82 Å². The summed E-state index contributed by atoms with van der Waals surface area (Å²) in [6, 6.07) is 5.89. The van der Waals surface area contributed by atoms with Gasteiger partial charge in [0.25, 0.3) is 5.89 Å². The average Bonchev–Trinajstić information content (AvgIpc) is 2.87. The van der Waals surface area contributed by atoms with Crippen molar-refractivity contribution >= 4 is 0 Å². The molecule has 5 nitrogen and oxygen atoms in total. The van der Waals surface area contributed by atoms with Crippen LogP contribution in [-0.4, -0.2) is 39.8 Å². The highest BCUT2D eigenvalue weighted by Crippen LogP contribution is 2.17. The lowest BCUT2D eigenvalue weighted by Crippen LogP contribution is -2.31. The van der Waals surface area contributed by atoms with E-state index < -0.39 is 0 Å². The summed E-state index contributed by atoms with van der Waals surface area (Å²) in [5.41, 5.74) is 0.679. The lowest BCUT2D eigenvalue weighted by molar-refractivity contribution is 0.150. The van der Waals surface area contributed by atoms with Gasteiger partial charge in [0, 0.05) is 11.6 Å². The Labute approximate surface area is 110 Å². The first kappa shape index (κ1) is 13.6. The van der Waals surface area contributed by atoms with Gasteiger partial charge in [-0.1, -0.05) is 5.16 Å². The molecule has 0 saturated carbocycles. The van der Waals surface area contributed by atoms with Crippen LogP contribution in [-0.2, 0) is 6.54 Å². The van der Waals surface area contributed by atoms with Gasteiger partial charge >= 0.3 is 0 Å². The average molecular weight is 265 g/mol. The molecule has 1 heterocycles. The molecule has 0 saturated heterocycles. The van der Waals surface area contributed by atoms with E-state index >= 15 is 0 Å². The van der Waals surface area contributed by atoms with E-state index in [0.717, 1.165) is 0 Å². The van der Waals surface area contributed by atoms with Gasteiger partial charge in [-0.15, -0.1) is 0 Å². The van der Waals surface area contributed by atoms with Crippen molar-refractivity contribution < 1.29 is 14.0 Å². The van der Waals surface area contributed by atoms with Crippen molar-refractivity contribution in [1.82, 2.24) is 15.0 Å². The summed E-state index contributed by atoms with van der Waals surface area (Å²) in [7, 11) is 1.87. The van der Waals surface area contributed by atoms with Gasteiger partial charge in [0.15, 0.2) is 5.82 Å². The van der Waals surface area contributed by atoms with Crippen LogP contribution < -0.4 is 0 Å². The first-order chi connectivity index (χ1) is 9.10. The molecule has 0 bridgehead atoms. The summed E-state index contributed by atoms with van der Waals surface area (Å²) in [6.45, 7) is 2.45. The van der Waals surface area contributed by atoms with Crippen LogP contribution in [0.5, 0.6) is 0 Å². The van der Waals surface area contributed by atoms with Gasteiger partial charge in [-0.2, -0.15) is 4.98 Å². The molecule has 2 aromatic rings. The summed E-state index contributed by atoms with van der Waals surface area (Å²) < 4.78 is 17.9. The highest BCUT2D eigenvalue weighted by molar-refractivity contribution is 5.52. The largest absolute Gasteiger partial charge is 0.395 e. The number of aromatic nitrogens is 2. The van der Waals surface area contributed by atoms with Gasteiger partial charge in [-0.25, -0.2) is 4.39 Å². The molecule has 6 heteroatoms. The van der Waals surface area contributed by atoms with Gasteiger partial charge in [-0.3, -0.25) is 4.90 Å². The van der Waals surface area contributed by atoms with Gasteiger partial charge in [0.05, 0.1) is 13.2 Å². The molecule has 19 heavy (non-hydrogen) atoms. The van der Waals surface area contributed by atoms with Crippen molar-refractivity contribution in [1.29, 1.82) is 0 Å². The monoisotopic (exact) mass is 265 g/mol. The van der Waals surface area contributed by atoms with E-state index in [-0.39, 0.29) is 18.5 Å². The molecule has 1 aromatic heterocycles. The predicted molar refractivity (Wildman–Crippen MR) is 67.7 cm³/mol. The number of aliphatic hydroxyl groups excluding tert-OH is 1. The SMILES string of the molecule is CC(CO)N(C)Cc1noc(-c2ccc(F)cc2)n1. The maximum Gasteiger partial charge on any atom is 0.257 e. The third-order valence-corrected chi connectivity index (χ3v) is 2.97. The summed E-state index contributed by atoms with van der Waals surface area (Å²) >= 11 is 0. The normalized spacial score (nSPS) is 12.9. The Balaban J connectivity index is 2.09. The standard InChI is InChI=1S/C13H16FN3O2/c1-9(8-18)17(2)7-12-15-13(19-16-12)10-3-5-11(14)6-4-10/h3-6,9,18H,7-8H2,1-2H3. The Morgan fingerprint density at radius 1 is 1.37 bits per heavy atom. The maximum atomic E-state index is 12.8. The molecule has 1 aromatic carbocycles. The van der Waals surface area contributed by atoms with Crippen molar-refractivity contribution in [2.75, 3.05) is 13.7 Å². The van der Waals surface area contributed by atoms with E-state index in [1.54, 1.807) is 12.1 Å². The number of aliphatic hydroxyl groups is 1. The van der Waals surface area contributed by atoms with Crippen molar-refractivity contribution in [2.24, 2.45) is 0 Å².